The molecule has 2 rings (SSSR count). The lowest BCUT2D eigenvalue weighted by Crippen LogP contribution is -2.22. The quantitative estimate of drug-likeness (QED) is 0.691. The largest absolute Gasteiger partial charge is 0.367 e. The number of rotatable bonds is 5. The van der Waals surface area contributed by atoms with Crippen molar-refractivity contribution in [2.45, 2.75) is 18.8 Å². The number of nitrogens with zero attached hydrogens (tertiary/aromatic N) is 2. The summed E-state index contributed by atoms with van der Waals surface area (Å²) in [6.07, 6.45) is 3.68. The fourth-order valence-corrected chi connectivity index (χ4v) is 3.31. The first-order valence-electron chi connectivity index (χ1n) is 6.22. The second-order valence-electron chi connectivity index (χ2n) is 4.28. The summed E-state index contributed by atoms with van der Waals surface area (Å²) in [6, 6.07) is 10.6. The van der Waals surface area contributed by atoms with Gasteiger partial charge in [0, 0.05) is 41.0 Å². The summed E-state index contributed by atoms with van der Waals surface area (Å²) < 4.78 is 1.15. The van der Waals surface area contributed by atoms with Crippen molar-refractivity contribution in [3.63, 3.8) is 0 Å². The molecule has 100 valence electrons. The van der Waals surface area contributed by atoms with Gasteiger partial charge in [-0.1, -0.05) is 37.9 Å². The van der Waals surface area contributed by atoms with E-state index in [1.807, 2.05) is 12.4 Å². The van der Waals surface area contributed by atoms with Crippen LogP contribution in [-0.4, -0.2) is 11.5 Å². The van der Waals surface area contributed by atoms with Crippen molar-refractivity contribution in [3.8, 4) is 0 Å². The lowest BCUT2D eigenvalue weighted by atomic mass is 10.2. The minimum Gasteiger partial charge on any atom is -0.367 e. The molecule has 0 fully saturated rings. The molecule has 0 radical (unpaired) electrons. The van der Waals surface area contributed by atoms with Crippen molar-refractivity contribution in [1.82, 2.24) is 4.98 Å². The Hall–Kier alpha value is -0.870. The van der Waals surface area contributed by atoms with Crippen LogP contribution < -0.4 is 4.90 Å². The summed E-state index contributed by atoms with van der Waals surface area (Å²) in [7, 11) is 0. The van der Waals surface area contributed by atoms with Gasteiger partial charge >= 0.3 is 0 Å². The summed E-state index contributed by atoms with van der Waals surface area (Å²) in [5.74, 6) is 0. The van der Waals surface area contributed by atoms with E-state index in [4.69, 9.17) is 0 Å². The van der Waals surface area contributed by atoms with E-state index in [0.717, 1.165) is 22.9 Å². The highest BCUT2D eigenvalue weighted by atomic mass is 79.9. The van der Waals surface area contributed by atoms with Crippen LogP contribution in [0.5, 0.6) is 0 Å². The van der Waals surface area contributed by atoms with Gasteiger partial charge in [0.15, 0.2) is 0 Å². The number of pyridine rings is 1. The number of halogens is 2. The van der Waals surface area contributed by atoms with Crippen LogP contribution in [-0.2, 0) is 11.9 Å². The number of aromatic nitrogens is 1. The molecular weight excluding hydrogens is 368 g/mol. The van der Waals surface area contributed by atoms with Crippen molar-refractivity contribution in [2.24, 2.45) is 0 Å². The van der Waals surface area contributed by atoms with Crippen LogP contribution in [0.25, 0.3) is 0 Å². The van der Waals surface area contributed by atoms with Crippen molar-refractivity contribution in [1.29, 1.82) is 0 Å². The van der Waals surface area contributed by atoms with Gasteiger partial charge in [-0.05, 0) is 42.3 Å². The molecule has 0 bridgehead atoms. The van der Waals surface area contributed by atoms with Crippen LogP contribution in [0.3, 0.4) is 0 Å². The van der Waals surface area contributed by atoms with Gasteiger partial charge in [-0.3, -0.25) is 4.98 Å². The number of hydrogen-bond donors (Lipinski definition) is 0. The number of alkyl halides is 1. The van der Waals surface area contributed by atoms with Crippen molar-refractivity contribution >= 4 is 37.5 Å². The van der Waals surface area contributed by atoms with Gasteiger partial charge in [-0.15, -0.1) is 0 Å². The number of anilines is 1. The second-order valence-corrected chi connectivity index (χ2v) is 5.69. The van der Waals surface area contributed by atoms with Gasteiger partial charge in [-0.2, -0.15) is 0 Å². The zero-order chi connectivity index (χ0) is 13.7. The molecule has 1 aromatic carbocycles. The Morgan fingerprint density at radius 1 is 1.16 bits per heavy atom. The molecule has 2 nitrogen and oxygen atoms in total. The molecule has 0 amide bonds. The lowest BCUT2D eigenvalue weighted by molar-refractivity contribution is 0.829. The van der Waals surface area contributed by atoms with Gasteiger partial charge in [0.05, 0.1) is 0 Å². The van der Waals surface area contributed by atoms with E-state index in [1.165, 1.54) is 16.8 Å². The highest BCUT2D eigenvalue weighted by Crippen LogP contribution is 2.26. The van der Waals surface area contributed by atoms with Gasteiger partial charge in [0.25, 0.3) is 0 Å². The van der Waals surface area contributed by atoms with Crippen LogP contribution in [0.4, 0.5) is 5.69 Å². The molecule has 0 atom stereocenters. The van der Waals surface area contributed by atoms with Gasteiger partial charge in [0.1, 0.15) is 0 Å². The molecule has 0 saturated heterocycles. The zero-order valence-electron chi connectivity index (χ0n) is 10.8. The molecule has 4 heteroatoms. The minimum atomic E-state index is 0.865. The molecule has 1 aromatic heterocycles. The van der Waals surface area contributed by atoms with Gasteiger partial charge in [-0.25, -0.2) is 0 Å². The Morgan fingerprint density at radius 2 is 1.89 bits per heavy atom. The highest BCUT2D eigenvalue weighted by Gasteiger charge is 2.07. The highest BCUT2D eigenvalue weighted by molar-refractivity contribution is 9.10. The normalized spacial score (nSPS) is 10.5. The third-order valence-electron chi connectivity index (χ3n) is 3.05. The van der Waals surface area contributed by atoms with Crippen LogP contribution >= 0.6 is 31.9 Å². The third kappa shape index (κ3) is 3.80. The lowest BCUT2D eigenvalue weighted by Gasteiger charge is -2.24. The molecule has 2 aromatic rings. The molecule has 0 aliphatic carbocycles. The van der Waals surface area contributed by atoms with Gasteiger partial charge in [0.2, 0.25) is 0 Å². The summed E-state index contributed by atoms with van der Waals surface area (Å²) >= 11 is 7.11. The average molecular weight is 384 g/mol. The molecule has 1 heterocycles. The third-order valence-corrected chi connectivity index (χ3v) is 4.39. The minimum absolute atomic E-state index is 0.865. The fraction of sp³-hybridized carbons (Fsp3) is 0.267. The van der Waals surface area contributed by atoms with Crippen LogP contribution in [0.2, 0.25) is 0 Å². The summed E-state index contributed by atoms with van der Waals surface area (Å²) in [5.41, 5.74) is 3.78. The molecule has 0 aliphatic rings. The standard InChI is InChI=1S/C15H16Br2N2/c1-2-19(11-12-5-7-18-8-6-12)14-4-3-13(10-16)15(17)9-14/h3-9H,2,10-11H2,1H3. The predicted octanol–water partition coefficient (Wildman–Crippen LogP) is 4.77. The maximum absolute atomic E-state index is 4.06. The maximum atomic E-state index is 4.06. The first-order valence-corrected chi connectivity index (χ1v) is 8.14. The molecule has 0 unspecified atom stereocenters. The molecule has 0 saturated carbocycles. The SMILES string of the molecule is CCN(Cc1ccncc1)c1ccc(CBr)c(Br)c1. The fourth-order valence-electron chi connectivity index (χ4n) is 1.94. The maximum Gasteiger partial charge on any atom is 0.0430 e. The zero-order valence-corrected chi connectivity index (χ0v) is 14.0. The van der Waals surface area contributed by atoms with Crippen LogP contribution in [0, 0.1) is 0 Å². The topological polar surface area (TPSA) is 16.1 Å². The van der Waals surface area contributed by atoms with Crippen LogP contribution in [0.15, 0.2) is 47.2 Å². The first-order chi connectivity index (χ1) is 9.24. The van der Waals surface area contributed by atoms with E-state index in [2.05, 4.69) is 79.0 Å². The van der Waals surface area contributed by atoms with Crippen LogP contribution in [0.1, 0.15) is 18.1 Å². The Kier molecular flexibility index (Phi) is 5.40. The monoisotopic (exact) mass is 382 g/mol. The van der Waals surface area contributed by atoms with E-state index in [-0.39, 0.29) is 0 Å². The molecule has 0 spiro atoms. The summed E-state index contributed by atoms with van der Waals surface area (Å²) in [4.78, 5) is 6.40. The Bertz CT molecular complexity index is 529. The Morgan fingerprint density at radius 3 is 2.47 bits per heavy atom. The second kappa shape index (κ2) is 7.06. The predicted molar refractivity (Wildman–Crippen MR) is 87.7 cm³/mol. The number of hydrogen-bond acceptors (Lipinski definition) is 2. The Balaban J connectivity index is 2.20. The molecular formula is C15H16Br2N2. The van der Waals surface area contributed by atoms with Crippen molar-refractivity contribution in [3.05, 3.63) is 58.3 Å². The summed E-state index contributed by atoms with van der Waals surface area (Å²) in [6.45, 7) is 4.05. The van der Waals surface area contributed by atoms with Gasteiger partial charge < -0.3 is 4.90 Å². The average Bonchev–Trinajstić information content (AvgIpc) is 2.46. The van der Waals surface area contributed by atoms with E-state index in [0.29, 0.717) is 0 Å². The smallest absolute Gasteiger partial charge is 0.0430 e. The molecule has 0 aliphatic heterocycles. The summed E-state index contributed by atoms with van der Waals surface area (Å²) in [5, 5.41) is 0.865. The number of benzene rings is 1. The Labute approximate surface area is 131 Å². The van der Waals surface area contributed by atoms with Crippen molar-refractivity contribution < 1.29 is 0 Å². The van der Waals surface area contributed by atoms with E-state index in [1.54, 1.807) is 0 Å². The van der Waals surface area contributed by atoms with E-state index >= 15 is 0 Å². The van der Waals surface area contributed by atoms with Crippen molar-refractivity contribution in [2.75, 3.05) is 11.4 Å². The molecule has 19 heavy (non-hydrogen) atoms. The first kappa shape index (κ1) is 14.5. The van der Waals surface area contributed by atoms with E-state index in [9.17, 15) is 0 Å². The van der Waals surface area contributed by atoms with E-state index < -0.39 is 0 Å². The molecule has 0 N–H and O–H groups in total.